The summed E-state index contributed by atoms with van der Waals surface area (Å²) in [4.78, 5) is 30.7. The van der Waals surface area contributed by atoms with Crippen molar-refractivity contribution in [3.05, 3.63) is 117 Å². The molecule has 38 heavy (non-hydrogen) atoms. The molecule has 0 bridgehead atoms. The summed E-state index contributed by atoms with van der Waals surface area (Å²) in [6.45, 7) is 4.37. The van der Waals surface area contributed by atoms with Gasteiger partial charge in [0.25, 0.3) is 11.5 Å². The Labute approximate surface area is 224 Å². The van der Waals surface area contributed by atoms with Crippen LogP contribution < -0.4 is 15.7 Å². The normalized spacial score (nSPS) is 11.2. The maximum absolute atomic E-state index is 13.2. The molecule has 0 unspecified atom stereocenters. The summed E-state index contributed by atoms with van der Waals surface area (Å²) in [6, 6.07) is 23.6. The summed E-state index contributed by atoms with van der Waals surface area (Å²) in [6.07, 6.45) is 2.94. The third kappa shape index (κ3) is 5.87. The number of hydrazone groups is 1. The van der Waals surface area contributed by atoms with Crippen LogP contribution in [0, 0.1) is 13.8 Å². The number of thiophene rings is 1. The SMILES string of the molecule is Cc1ccc(COc2ccc(/C=N/NC(=O)Cn3cnc4scc(-c5ccc(C)cc5)c4c3=O)cc2)cc1. The van der Waals surface area contributed by atoms with Gasteiger partial charge < -0.3 is 4.74 Å². The second kappa shape index (κ2) is 11.2. The zero-order chi connectivity index (χ0) is 26.5. The van der Waals surface area contributed by atoms with Gasteiger partial charge in [0.2, 0.25) is 0 Å². The maximum Gasteiger partial charge on any atom is 0.263 e. The lowest BCUT2D eigenvalue weighted by Gasteiger charge is -2.07. The van der Waals surface area contributed by atoms with Crippen molar-refractivity contribution >= 4 is 33.7 Å². The van der Waals surface area contributed by atoms with Crippen molar-refractivity contribution in [1.82, 2.24) is 15.0 Å². The highest BCUT2D eigenvalue weighted by molar-refractivity contribution is 7.17. The number of hydrogen-bond acceptors (Lipinski definition) is 6. The minimum absolute atomic E-state index is 0.186. The van der Waals surface area contributed by atoms with Crippen molar-refractivity contribution in [2.45, 2.75) is 27.0 Å². The van der Waals surface area contributed by atoms with Crippen LogP contribution in [-0.4, -0.2) is 21.7 Å². The van der Waals surface area contributed by atoms with E-state index in [1.165, 1.54) is 27.8 Å². The van der Waals surface area contributed by atoms with Crippen LogP contribution in [0.1, 0.15) is 22.3 Å². The van der Waals surface area contributed by atoms with Crippen molar-refractivity contribution in [3.63, 3.8) is 0 Å². The summed E-state index contributed by atoms with van der Waals surface area (Å²) < 4.78 is 7.13. The van der Waals surface area contributed by atoms with Crippen LogP contribution in [0.5, 0.6) is 5.75 Å². The summed E-state index contributed by atoms with van der Waals surface area (Å²) in [5.41, 5.74) is 8.24. The van der Waals surface area contributed by atoms with Crippen molar-refractivity contribution in [3.8, 4) is 16.9 Å². The fraction of sp³-hybridized carbons (Fsp3) is 0.133. The lowest BCUT2D eigenvalue weighted by molar-refractivity contribution is -0.121. The molecular formula is C30H26N4O3S. The van der Waals surface area contributed by atoms with Gasteiger partial charge in [0.1, 0.15) is 23.7 Å². The number of hydrogen-bond donors (Lipinski definition) is 1. The fourth-order valence-corrected chi connectivity index (χ4v) is 4.80. The predicted octanol–water partition coefficient (Wildman–Crippen LogP) is 5.47. The number of nitrogens with one attached hydrogen (secondary N) is 1. The number of nitrogens with zero attached hydrogens (tertiary/aromatic N) is 3. The average Bonchev–Trinajstić information content (AvgIpc) is 3.36. The van der Waals surface area contributed by atoms with Gasteiger partial charge in [0.15, 0.2) is 0 Å². The Kier molecular flexibility index (Phi) is 7.42. The Morgan fingerprint density at radius 2 is 1.68 bits per heavy atom. The maximum atomic E-state index is 13.2. The molecule has 0 spiro atoms. The standard InChI is InChI=1S/C30H26N4O3S/c1-20-3-7-23(8-4-20)17-37-25-13-9-22(10-14-25)15-32-33-27(35)16-34-19-31-29-28(30(34)36)26(18-38-29)24-11-5-21(2)6-12-24/h3-15,18-19H,16-17H2,1-2H3,(H,33,35)/b32-15+. The number of benzene rings is 3. The summed E-state index contributed by atoms with van der Waals surface area (Å²) in [7, 11) is 0. The Morgan fingerprint density at radius 1 is 1.00 bits per heavy atom. The minimum Gasteiger partial charge on any atom is -0.489 e. The molecule has 0 saturated heterocycles. The highest BCUT2D eigenvalue weighted by atomic mass is 32.1. The van der Waals surface area contributed by atoms with E-state index in [4.69, 9.17) is 4.74 Å². The first-order chi connectivity index (χ1) is 18.5. The molecule has 1 N–H and O–H groups in total. The van der Waals surface area contributed by atoms with Crippen LogP contribution in [0.2, 0.25) is 0 Å². The number of carbonyl (C=O) groups excluding carboxylic acids is 1. The van der Waals surface area contributed by atoms with E-state index in [1.807, 2.05) is 73.0 Å². The Bertz CT molecular complexity index is 1650. The number of carbonyl (C=O) groups is 1. The van der Waals surface area contributed by atoms with Crippen LogP contribution >= 0.6 is 11.3 Å². The quantitative estimate of drug-likeness (QED) is 0.216. The molecule has 0 fully saturated rings. The molecule has 7 nitrogen and oxygen atoms in total. The van der Waals surface area contributed by atoms with E-state index in [2.05, 4.69) is 34.6 Å². The highest BCUT2D eigenvalue weighted by Gasteiger charge is 2.14. The minimum atomic E-state index is -0.422. The van der Waals surface area contributed by atoms with E-state index in [0.29, 0.717) is 16.8 Å². The second-order valence-electron chi connectivity index (χ2n) is 9.01. The molecular weight excluding hydrogens is 496 g/mol. The highest BCUT2D eigenvalue weighted by Crippen LogP contribution is 2.30. The van der Waals surface area contributed by atoms with Crippen LogP contribution in [0.25, 0.3) is 21.3 Å². The lowest BCUT2D eigenvalue weighted by atomic mass is 10.1. The zero-order valence-corrected chi connectivity index (χ0v) is 21.9. The van der Waals surface area contributed by atoms with Gasteiger partial charge in [0, 0.05) is 10.9 Å². The molecule has 2 heterocycles. The molecule has 0 aliphatic rings. The summed E-state index contributed by atoms with van der Waals surface area (Å²) in [5, 5.41) is 6.47. The van der Waals surface area contributed by atoms with Gasteiger partial charge >= 0.3 is 0 Å². The number of rotatable bonds is 8. The van der Waals surface area contributed by atoms with Crippen LogP contribution in [0.3, 0.4) is 0 Å². The molecule has 5 aromatic rings. The molecule has 0 aliphatic heterocycles. The number of amides is 1. The lowest BCUT2D eigenvalue weighted by Crippen LogP contribution is -2.30. The molecule has 3 aromatic carbocycles. The molecule has 0 radical (unpaired) electrons. The van der Waals surface area contributed by atoms with Crippen LogP contribution in [0.4, 0.5) is 0 Å². The van der Waals surface area contributed by atoms with Gasteiger partial charge in [-0.3, -0.25) is 14.2 Å². The zero-order valence-electron chi connectivity index (χ0n) is 21.0. The van der Waals surface area contributed by atoms with Crippen LogP contribution in [-0.2, 0) is 17.9 Å². The van der Waals surface area contributed by atoms with E-state index in [0.717, 1.165) is 33.6 Å². The Hall–Kier alpha value is -4.56. The van der Waals surface area contributed by atoms with Gasteiger partial charge in [-0.2, -0.15) is 5.10 Å². The Balaban J connectivity index is 1.19. The topological polar surface area (TPSA) is 85.6 Å². The average molecular weight is 523 g/mol. The third-order valence-corrected chi connectivity index (χ3v) is 6.93. The van der Waals surface area contributed by atoms with Crippen molar-refractivity contribution < 1.29 is 9.53 Å². The Morgan fingerprint density at radius 3 is 2.39 bits per heavy atom. The van der Waals surface area contributed by atoms with E-state index >= 15 is 0 Å². The van der Waals surface area contributed by atoms with Crippen molar-refractivity contribution in [2.24, 2.45) is 5.10 Å². The molecule has 1 amide bonds. The third-order valence-electron chi connectivity index (χ3n) is 6.05. The van der Waals surface area contributed by atoms with Crippen molar-refractivity contribution in [2.75, 3.05) is 0 Å². The first-order valence-electron chi connectivity index (χ1n) is 12.1. The van der Waals surface area contributed by atoms with E-state index in [1.54, 1.807) is 6.21 Å². The molecule has 8 heteroatoms. The van der Waals surface area contributed by atoms with Gasteiger partial charge in [-0.25, -0.2) is 10.4 Å². The molecule has 0 aliphatic carbocycles. The van der Waals surface area contributed by atoms with Crippen molar-refractivity contribution in [1.29, 1.82) is 0 Å². The van der Waals surface area contributed by atoms with Gasteiger partial charge in [-0.15, -0.1) is 11.3 Å². The smallest absolute Gasteiger partial charge is 0.263 e. The molecule has 5 rings (SSSR count). The second-order valence-corrected chi connectivity index (χ2v) is 9.87. The van der Waals surface area contributed by atoms with Crippen LogP contribution in [0.15, 0.2) is 94.4 Å². The number of aromatic nitrogens is 2. The largest absolute Gasteiger partial charge is 0.489 e. The predicted molar refractivity (Wildman–Crippen MR) is 152 cm³/mol. The molecule has 2 aromatic heterocycles. The fourth-order valence-electron chi connectivity index (χ4n) is 3.90. The first kappa shape index (κ1) is 25.1. The van der Waals surface area contributed by atoms with Gasteiger partial charge in [-0.05, 0) is 54.8 Å². The number of fused-ring (bicyclic) bond motifs is 1. The van der Waals surface area contributed by atoms with E-state index < -0.39 is 5.91 Å². The molecule has 0 saturated carbocycles. The first-order valence-corrected chi connectivity index (χ1v) is 13.0. The van der Waals surface area contributed by atoms with E-state index in [-0.39, 0.29) is 12.1 Å². The molecule has 190 valence electrons. The number of ether oxygens (including phenoxy) is 1. The van der Waals surface area contributed by atoms with Gasteiger partial charge in [-0.1, -0.05) is 59.7 Å². The van der Waals surface area contributed by atoms with Gasteiger partial charge in [0.05, 0.1) is 17.9 Å². The monoisotopic (exact) mass is 522 g/mol. The molecule has 0 atom stereocenters. The number of aryl methyl sites for hydroxylation is 2. The van der Waals surface area contributed by atoms with E-state index in [9.17, 15) is 9.59 Å². The summed E-state index contributed by atoms with van der Waals surface area (Å²) >= 11 is 1.41. The summed E-state index contributed by atoms with van der Waals surface area (Å²) in [5.74, 6) is 0.321.